The molecule has 0 aliphatic carbocycles. The van der Waals surface area contributed by atoms with Gasteiger partial charge in [-0.2, -0.15) is 10.4 Å². The number of hydrogen-bond acceptors (Lipinski definition) is 6. The van der Waals surface area contributed by atoms with Gasteiger partial charge in [-0.05, 0) is 24.3 Å². The van der Waals surface area contributed by atoms with Crippen LogP contribution < -0.4 is 10.1 Å². The Morgan fingerprint density at radius 3 is 2.85 bits per heavy atom. The highest BCUT2D eigenvalue weighted by molar-refractivity contribution is 5.88. The number of anilines is 1. The summed E-state index contributed by atoms with van der Waals surface area (Å²) in [6.07, 6.45) is 2.48. The van der Waals surface area contributed by atoms with Gasteiger partial charge in [-0.25, -0.2) is 4.79 Å². The molecule has 1 N–H and O–H groups in total. The summed E-state index contributed by atoms with van der Waals surface area (Å²) >= 11 is 0. The number of benzene rings is 1. The zero-order valence-electron chi connectivity index (χ0n) is 14.8. The molecule has 1 fully saturated rings. The zero-order valence-corrected chi connectivity index (χ0v) is 14.8. The number of nitrogens with zero attached hydrogens (tertiary/aromatic N) is 5. The minimum absolute atomic E-state index is 0.152. The summed E-state index contributed by atoms with van der Waals surface area (Å²) in [7, 11) is 0. The van der Waals surface area contributed by atoms with Gasteiger partial charge >= 0.3 is 6.03 Å². The van der Waals surface area contributed by atoms with Gasteiger partial charge in [-0.1, -0.05) is 6.07 Å². The van der Waals surface area contributed by atoms with Crippen LogP contribution in [-0.4, -0.2) is 58.8 Å². The summed E-state index contributed by atoms with van der Waals surface area (Å²) in [5.74, 6) is 1.25. The van der Waals surface area contributed by atoms with E-state index < -0.39 is 0 Å². The van der Waals surface area contributed by atoms with E-state index in [1.807, 2.05) is 18.2 Å². The Kier molecular flexibility index (Phi) is 4.85. The van der Waals surface area contributed by atoms with Crippen molar-refractivity contribution in [3.63, 3.8) is 0 Å². The third kappa shape index (κ3) is 3.68. The lowest BCUT2D eigenvalue weighted by molar-refractivity contribution is 0.0886. The molecule has 2 aromatic rings. The molecule has 138 valence electrons. The highest BCUT2D eigenvalue weighted by Gasteiger charge is 2.31. The molecule has 0 bridgehead atoms. The van der Waals surface area contributed by atoms with Crippen LogP contribution in [0.15, 0.2) is 36.5 Å². The van der Waals surface area contributed by atoms with Crippen LogP contribution in [-0.2, 0) is 0 Å². The number of hydrogen-bond donors (Lipinski definition) is 1. The van der Waals surface area contributed by atoms with Crippen molar-refractivity contribution in [3.8, 4) is 11.8 Å². The predicted molar refractivity (Wildman–Crippen MR) is 98.2 cm³/mol. The summed E-state index contributed by atoms with van der Waals surface area (Å²) in [5.41, 5.74) is 1.73. The van der Waals surface area contributed by atoms with E-state index in [0.29, 0.717) is 31.1 Å². The second kappa shape index (κ2) is 7.60. The predicted octanol–water partition coefficient (Wildman–Crippen LogP) is 2.02. The number of ether oxygens (including phenoxy) is 1. The average Bonchev–Trinajstić information content (AvgIpc) is 2.73. The Morgan fingerprint density at radius 2 is 2.11 bits per heavy atom. The van der Waals surface area contributed by atoms with Crippen molar-refractivity contribution in [1.82, 2.24) is 20.0 Å². The maximum Gasteiger partial charge on any atom is 0.323 e. The molecule has 1 saturated heterocycles. The third-order valence-electron chi connectivity index (χ3n) is 5.00. The monoisotopic (exact) mass is 364 g/mol. The van der Waals surface area contributed by atoms with E-state index in [9.17, 15) is 4.79 Å². The van der Waals surface area contributed by atoms with Crippen molar-refractivity contribution < 1.29 is 9.53 Å². The fourth-order valence-corrected chi connectivity index (χ4v) is 3.61. The molecule has 3 heterocycles. The maximum atomic E-state index is 12.4. The van der Waals surface area contributed by atoms with E-state index in [2.05, 4.69) is 26.5 Å². The van der Waals surface area contributed by atoms with Crippen molar-refractivity contribution in [2.75, 3.05) is 38.1 Å². The first-order valence-corrected chi connectivity index (χ1v) is 8.99. The van der Waals surface area contributed by atoms with Crippen molar-refractivity contribution >= 4 is 11.8 Å². The Balaban J connectivity index is 1.39. The summed E-state index contributed by atoms with van der Waals surface area (Å²) < 4.78 is 5.75. The van der Waals surface area contributed by atoms with Crippen LogP contribution >= 0.6 is 0 Å². The number of carbonyl (C=O) groups is 1. The number of aromatic nitrogens is 2. The second-order valence-corrected chi connectivity index (χ2v) is 6.58. The molecule has 2 aliphatic heterocycles. The largest absolute Gasteiger partial charge is 0.493 e. The minimum atomic E-state index is -0.152. The molecule has 0 radical (unpaired) electrons. The molecule has 2 amide bonds. The van der Waals surface area contributed by atoms with Gasteiger partial charge in [0.05, 0.1) is 18.2 Å². The molecule has 27 heavy (non-hydrogen) atoms. The van der Waals surface area contributed by atoms with Gasteiger partial charge < -0.3 is 9.64 Å². The fraction of sp³-hybridized carbons (Fsp3) is 0.368. The van der Waals surface area contributed by atoms with Gasteiger partial charge in [0.1, 0.15) is 5.75 Å². The smallest absolute Gasteiger partial charge is 0.323 e. The van der Waals surface area contributed by atoms with Gasteiger partial charge in [0.25, 0.3) is 0 Å². The van der Waals surface area contributed by atoms with E-state index in [0.717, 1.165) is 30.8 Å². The number of piperazine rings is 1. The lowest BCUT2D eigenvalue weighted by Crippen LogP contribution is -2.51. The first kappa shape index (κ1) is 17.2. The number of urea groups is 1. The average molecular weight is 364 g/mol. The molecule has 2 aliphatic rings. The molecule has 1 unspecified atom stereocenters. The number of nitrogens with one attached hydrogen (secondary N) is 1. The molecule has 0 saturated carbocycles. The van der Waals surface area contributed by atoms with Crippen LogP contribution in [0.25, 0.3) is 0 Å². The van der Waals surface area contributed by atoms with Gasteiger partial charge in [0.15, 0.2) is 5.82 Å². The van der Waals surface area contributed by atoms with E-state index in [1.165, 1.54) is 0 Å². The van der Waals surface area contributed by atoms with E-state index in [4.69, 9.17) is 10.00 Å². The van der Waals surface area contributed by atoms with Crippen LogP contribution in [0.3, 0.4) is 0 Å². The van der Waals surface area contributed by atoms with Gasteiger partial charge in [0.2, 0.25) is 0 Å². The third-order valence-corrected chi connectivity index (χ3v) is 5.00. The lowest BCUT2D eigenvalue weighted by Gasteiger charge is -2.41. The quantitative estimate of drug-likeness (QED) is 0.876. The highest BCUT2D eigenvalue weighted by Crippen LogP contribution is 2.36. The maximum absolute atomic E-state index is 12.4. The molecule has 0 spiro atoms. The Morgan fingerprint density at radius 1 is 1.26 bits per heavy atom. The molecule has 8 nitrogen and oxygen atoms in total. The molecule has 8 heteroatoms. The zero-order chi connectivity index (χ0) is 18.6. The molecule has 4 rings (SSSR count). The Bertz CT molecular complexity index is 858. The van der Waals surface area contributed by atoms with Crippen LogP contribution in [0.2, 0.25) is 0 Å². The normalized spacial score (nSPS) is 19.5. The topological polar surface area (TPSA) is 94.4 Å². The van der Waals surface area contributed by atoms with Crippen LogP contribution in [0.4, 0.5) is 10.6 Å². The Labute approximate surface area is 157 Å². The summed E-state index contributed by atoms with van der Waals surface area (Å²) in [6, 6.07) is 11.4. The van der Waals surface area contributed by atoms with Crippen molar-refractivity contribution in [2.24, 2.45) is 0 Å². The van der Waals surface area contributed by atoms with Gasteiger partial charge in [-0.15, -0.1) is 5.10 Å². The number of fused-ring (bicyclic) bond motifs is 1. The van der Waals surface area contributed by atoms with Crippen molar-refractivity contribution in [1.29, 1.82) is 5.26 Å². The fourth-order valence-electron chi connectivity index (χ4n) is 3.61. The van der Waals surface area contributed by atoms with E-state index in [1.54, 1.807) is 23.2 Å². The molecule has 1 atom stereocenters. The number of nitriles is 1. The van der Waals surface area contributed by atoms with Gasteiger partial charge in [-0.3, -0.25) is 10.2 Å². The Hall–Kier alpha value is -3.18. The van der Waals surface area contributed by atoms with Crippen molar-refractivity contribution in [3.05, 3.63) is 47.7 Å². The van der Waals surface area contributed by atoms with Crippen molar-refractivity contribution in [2.45, 2.75) is 12.5 Å². The molecule has 1 aromatic carbocycles. The summed E-state index contributed by atoms with van der Waals surface area (Å²) in [6.45, 7) is 3.51. The van der Waals surface area contributed by atoms with Crippen LogP contribution in [0.5, 0.6) is 5.75 Å². The molecular weight excluding hydrogens is 344 g/mol. The first-order valence-electron chi connectivity index (χ1n) is 8.99. The first-order chi connectivity index (χ1) is 13.2. The van der Waals surface area contributed by atoms with Crippen LogP contribution in [0, 0.1) is 11.3 Å². The van der Waals surface area contributed by atoms with Gasteiger partial charge in [0, 0.05) is 50.4 Å². The summed E-state index contributed by atoms with van der Waals surface area (Å²) in [4.78, 5) is 16.6. The minimum Gasteiger partial charge on any atom is -0.493 e. The van der Waals surface area contributed by atoms with E-state index in [-0.39, 0.29) is 12.1 Å². The SMILES string of the molecule is N#Cc1ccc2c(c1)OCCC2N1CCN(C(=O)Nc2cccnn2)CC1. The second-order valence-electron chi connectivity index (χ2n) is 6.58. The highest BCUT2D eigenvalue weighted by atomic mass is 16.5. The standard InChI is InChI=1S/C19H20N6O2/c20-13-14-3-4-15-16(5-11-27-17(15)12-14)24-7-9-25(10-8-24)19(26)22-18-2-1-6-21-23-18/h1-4,6,12,16H,5,7-11H2,(H,22,23,26). The van der Waals surface area contributed by atoms with E-state index >= 15 is 0 Å². The molecular formula is C19H20N6O2. The van der Waals surface area contributed by atoms with Crippen LogP contribution in [0.1, 0.15) is 23.6 Å². The number of carbonyl (C=O) groups excluding carboxylic acids is 1. The summed E-state index contributed by atoms with van der Waals surface area (Å²) in [5, 5.41) is 19.5. The number of rotatable bonds is 2. The molecule has 1 aromatic heterocycles. The number of amides is 2. The lowest BCUT2D eigenvalue weighted by atomic mass is 9.97.